The van der Waals surface area contributed by atoms with Crippen molar-refractivity contribution in [1.29, 1.82) is 0 Å². The van der Waals surface area contributed by atoms with E-state index in [2.05, 4.69) is 30.8 Å². The van der Waals surface area contributed by atoms with Crippen molar-refractivity contribution in [2.45, 2.75) is 13.0 Å². The van der Waals surface area contributed by atoms with Crippen LogP contribution in [0.2, 0.25) is 0 Å². The number of nitrogens with zero attached hydrogens (tertiary/aromatic N) is 2. The topological polar surface area (TPSA) is 23.6 Å². The van der Waals surface area contributed by atoms with Crippen LogP contribution >= 0.6 is 0 Å². The molecular weight excluding hydrogens is 231 g/mol. The van der Waals surface area contributed by atoms with Gasteiger partial charge in [0.1, 0.15) is 12.1 Å². The van der Waals surface area contributed by atoms with E-state index in [1.54, 1.807) is 12.1 Å². The van der Waals surface area contributed by atoms with Gasteiger partial charge in [0.2, 0.25) is 0 Å². The van der Waals surface area contributed by atoms with E-state index < -0.39 is 0 Å². The number of halogens is 1. The van der Waals surface area contributed by atoms with Crippen LogP contribution in [0, 0.1) is 11.7 Å². The number of aldehydes is 1. The molecule has 2 unspecified atom stereocenters. The van der Waals surface area contributed by atoms with E-state index in [0.29, 0.717) is 29.5 Å². The van der Waals surface area contributed by atoms with Crippen molar-refractivity contribution in [2.24, 2.45) is 5.92 Å². The summed E-state index contributed by atoms with van der Waals surface area (Å²) in [6.45, 7) is 3.86. The van der Waals surface area contributed by atoms with E-state index in [9.17, 15) is 9.18 Å². The molecule has 1 aliphatic rings. The number of hydrogen-bond acceptors (Lipinski definition) is 3. The van der Waals surface area contributed by atoms with E-state index in [-0.39, 0.29) is 5.82 Å². The van der Waals surface area contributed by atoms with Crippen molar-refractivity contribution in [3.05, 3.63) is 29.6 Å². The third kappa shape index (κ3) is 2.38. The molecule has 1 aromatic carbocycles. The third-order valence-corrected chi connectivity index (χ3v) is 3.68. The average molecular weight is 250 g/mol. The first-order valence-electron chi connectivity index (χ1n) is 6.19. The van der Waals surface area contributed by atoms with Crippen molar-refractivity contribution >= 4 is 12.0 Å². The summed E-state index contributed by atoms with van der Waals surface area (Å²) in [5, 5.41) is 0. The monoisotopic (exact) mass is 250 g/mol. The van der Waals surface area contributed by atoms with E-state index in [0.717, 1.165) is 13.1 Å². The highest BCUT2D eigenvalue weighted by molar-refractivity contribution is 5.76. The van der Waals surface area contributed by atoms with Gasteiger partial charge < -0.3 is 9.80 Å². The van der Waals surface area contributed by atoms with Crippen LogP contribution < -0.4 is 4.90 Å². The lowest BCUT2D eigenvalue weighted by atomic mass is 10.1. The van der Waals surface area contributed by atoms with Crippen molar-refractivity contribution < 1.29 is 9.18 Å². The van der Waals surface area contributed by atoms with Gasteiger partial charge in [0.15, 0.2) is 0 Å². The predicted molar refractivity (Wildman–Crippen MR) is 70.6 cm³/mol. The van der Waals surface area contributed by atoms with Crippen LogP contribution in [0.3, 0.4) is 0 Å². The Morgan fingerprint density at radius 3 is 2.61 bits per heavy atom. The minimum Gasteiger partial charge on any atom is -0.367 e. The van der Waals surface area contributed by atoms with Gasteiger partial charge >= 0.3 is 0 Å². The molecule has 0 N–H and O–H groups in total. The molecule has 1 aromatic rings. The second-order valence-electron chi connectivity index (χ2n) is 5.24. The van der Waals surface area contributed by atoms with Crippen LogP contribution in [0.1, 0.15) is 17.3 Å². The summed E-state index contributed by atoms with van der Waals surface area (Å²) in [6, 6.07) is 5.11. The molecule has 0 amide bonds. The largest absolute Gasteiger partial charge is 0.367 e. The summed E-state index contributed by atoms with van der Waals surface area (Å²) < 4.78 is 13.9. The zero-order chi connectivity index (χ0) is 13.3. The van der Waals surface area contributed by atoms with Crippen LogP contribution in [0.4, 0.5) is 10.1 Å². The molecule has 0 spiro atoms. The van der Waals surface area contributed by atoms with Crippen molar-refractivity contribution in [1.82, 2.24) is 4.90 Å². The maximum atomic E-state index is 13.9. The third-order valence-electron chi connectivity index (χ3n) is 3.68. The number of likely N-dealkylation sites (N-methyl/N-ethyl adjacent to an activating group) is 1. The fraction of sp³-hybridized carbons (Fsp3) is 0.500. The molecule has 1 heterocycles. The molecule has 18 heavy (non-hydrogen) atoms. The number of hydrogen-bond donors (Lipinski definition) is 0. The lowest BCUT2D eigenvalue weighted by Crippen LogP contribution is -2.34. The molecular formula is C14H19FN2O. The number of benzene rings is 1. The Labute approximate surface area is 107 Å². The quantitative estimate of drug-likeness (QED) is 0.767. The molecule has 0 saturated carbocycles. The molecule has 1 fully saturated rings. The van der Waals surface area contributed by atoms with Crippen LogP contribution in [-0.2, 0) is 0 Å². The number of anilines is 1. The molecule has 2 atom stereocenters. The van der Waals surface area contributed by atoms with Crippen LogP contribution in [-0.4, -0.2) is 44.4 Å². The highest BCUT2D eigenvalue weighted by Gasteiger charge is 2.32. The molecule has 0 bridgehead atoms. The molecule has 3 nitrogen and oxygen atoms in total. The first kappa shape index (κ1) is 13.0. The summed E-state index contributed by atoms with van der Waals surface area (Å²) in [5.41, 5.74) is 0.976. The van der Waals surface area contributed by atoms with Gasteiger partial charge in [-0.3, -0.25) is 4.79 Å². The van der Waals surface area contributed by atoms with Gasteiger partial charge in [0, 0.05) is 24.7 Å². The van der Waals surface area contributed by atoms with Gasteiger partial charge in [0.25, 0.3) is 0 Å². The fourth-order valence-electron chi connectivity index (χ4n) is 2.67. The van der Waals surface area contributed by atoms with E-state index in [4.69, 9.17) is 0 Å². The molecule has 2 rings (SSSR count). The molecule has 0 aliphatic carbocycles. The summed E-state index contributed by atoms with van der Waals surface area (Å²) in [5.74, 6) is 0.191. The van der Waals surface area contributed by atoms with Gasteiger partial charge in [-0.05, 0) is 38.2 Å². The van der Waals surface area contributed by atoms with Gasteiger partial charge in [-0.1, -0.05) is 6.92 Å². The van der Waals surface area contributed by atoms with Crippen molar-refractivity contribution in [2.75, 3.05) is 32.1 Å². The minimum absolute atomic E-state index is 0.314. The first-order chi connectivity index (χ1) is 8.52. The van der Waals surface area contributed by atoms with Crippen LogP contribution in [0.15, 0.2) is 18.2 Å². The van der Waals surface area contributed by atoms with Gasteiger partial charge in [-0.2, -0.15) is 0 Å². The normalized spacial score (nSPS) is 23.7. The molecule has 0 radical (unpaired) electrons. The fourth-order valence-corrected chi connectivity index (χ4v) is 2.67. The standard InChI is InChI=1S/C14H19FN2O/c1-10-7-17(8-14(10)16(2)3)13-5-4-11(9-18)6-12(13)15/h4-6,9-10,14H,7-8H2,1-3H3. The second-order valence-corrected chi connectivity index (χ2v) is 5.24. The highest BCUT2D eigenvalue weighted by Crippen LogP contribution is 2.28. The average Bonchev–Trinajstić information content (AvgIpc) is 2.71. The number of carbonyl (C=O) groups excluding carboxylic acids is 1. The van der Waals surface area contributed by atoms with Crippen LogP contribution in [0.25, 0.3) is 0 Å². The number of rotatable bonds is 3. The lowest BCUT2D eigenvalue weighted by molar-refractivity contribution is 0.112. The lowest BCUT2D eigenvalue weighted by Gasteiger charge is -2.23. The molecule has 0 aromatic heterocycles. The Balaban J connectivity index is 2.21. The molecule has 4 heteroatoms. The van der Waals surface area contributed by atoms with Crippen molar-refractivity contribution in [3.63, 3.8) is 0 Å². The summed E-state index contributed by atoms with van der Waals surface area (Å²) in [4.78, 5) is 14.8. The van der Waals surface area contributed by atoms with E-state index >= 15 is 0 Å². The Bertz CT molecular complexity index is 447. The van der Waals surface area contributed by atoms with Gasteiger partial charge in [-0.15, -0.1) is 0 Å². The zero-order valence-corrected chi connectivity index (χ0v) is 11.1. The van der Waals surface area contributed by atoms with Crippen LogP contribution in [0.5, 0.6) is 0 Å². The van der Waals surface area contributed by atoms with Gasteiger partial charge in [-0.25, -0.2) is 4.39 Å². The Hall–Kier alpha value is -1.42. The maximum Gasteiger partial charge on any atom is 0.150 e. The molecule has 98 valence electrons. The predicted octanol–water partition coefficient (Wildman–Crippen LogP) is 2.02. The molecule has 1 saturated heterocycles. The van der Waals surface area contributed by atoms with E-state index in [1.165, 1.54) is 6.07 Å². The number of carbonyl (C=O) groups is 1. The van der Waals surface area contributed by atoms with Crippen molar-refractivity contribution in [3.8, 4) is 0 Å². The maximum absolute atomic E-state index is 13.9. The zero-order valence-electron chi connectivity index (χ0n) is 11.1. The summed E-state index contributed by atoms with van der Waals surface area (Å²) >= 11 is 0. The summed E-state index contributed by atoms with van der Waals surface area (Å²) in [7, 11) is 4.10. The molecule has 1 aliphatic heterocycles. The Morgan fingerprint density at radius 1 is 1.39 bits per heavy atom. The SMILES string of the molecule is CC1CN(c2ccc(C=O)cc2F)CC1N(C)C. The highest BCUT2D eigenvalue weighted by atomic mass is 19.1. The first-order valence-corrected chi connectivity index (χ1v) is 6.19. The smallest absolute Gasteiger partial charge is 0.150 e. The summed E-state index contributed by atoms with van der Waals surface area (Å²) in [6.07, 6.45) is 0.669. The second kappa shape index (κ2) is 5.06. The van der Waals surface area contributed by atoms with E-state index in [1.807, 2.05) is 0 Å². The minimum atomic E-state index is -0.314. The van der Waals surface area contributed by atoms with Gasteiger partial charge in [0.05, 0.1) is 5.69 Å². The Kier molecular flexibility index (Phi) is 3.66. The Morgan fingerprint density at radius 2 is 2.11 bits per heavy atom.